The molecule has 0 radical (unpaired) electrons. The molecule has 1 atom stereocenters. The van der Waals surface area contributed by atoms with Crippen molar-refractivity contribution in [2.75, 3.05) is 26.2 Å². The van der Waals surface area contributed by atoms with Crippen LogP contribution in [0.3, 0.4) is 0 Å². The highest BCUT2D eigenvalue weighted by atomic mass is 32.1. The molecule has 0 aliphatic carbocycles. The summed E-state index contributed by atoms with van der Waals surface area (Å²) in [6, 6.07) is 16.7. The van der Waals surface area contributed by atoms with E-state index >= 15 is 0 Å². The zero-order chi connectivity index (χ0) is 27.0. The molecular weight excluding hydrogens is 504 g/mol. The minimum atomic E-state index is -1.01. The van der Waals surface area contributed by atoms with E-state index in [0.29, 0.717) is 33.5 Å². The van der Waals surface area contributed by atoms with Gasteiger partial charge in [0.1, 0.15) is 17.6 Å². The van der Waals surface area contributed by atoms with Gasteiger partial charge in [0.05, 0.1) is 37.1 Å². The topological polar surface area (TPSA) is 98.2 Å². The Labute approximate surface area is 223 Å². The molecule has 1 aliphatic heterocycles. The maximum atomic E-state index is 13.6. The van der Waals surface area contributed by atoms with Crippen LogP contribution in [-0.4, -0.2) is 43.1 Å². The molecule has 1 amide bonds. The number of rotatable bonds is 7. The van der Waals surface area contributed by atoms with Gasteiger partial charge in [-0.1, -0.05) is 36.5 Å². The van der Waals surface area contributed by atoms with E-state index in [9.17, 15) is 14.7 Å². The van der Waals surface area contributed by atoms with Crippen molar-refractivity contribution in [3.05, 3.63) is 82.9 Å². The van der Waals surface area contributed by atoms with E-state index in [0.717, 1.165) is 22.2 Å². The van der Waals surface area contributed by atoms with Crippen LogP contribution in [0, 0.1) is 0 Å². The number of carbonyl (C=O) groups excluding carboxylic acids is 2. The van der Waals surface area contributed by atoms with Crippen molar-refractivity contribution in [1.29, 1.82) is 0 Å². The van der Waals surface area contributed by atoms with E-state index in [1.54, 1.807) is 42.5 Å². The average molecular weight is 531 g/mol. The van der Waals surface area contributed by atoms with Gasteiger partial charge < -0.3 is 19.3 Å². The first-order valence-corrected chi connectivity index (χ1v) is 12.8. The highest BCUT2D eigenvalue weighted by Gasteiger charge is 2.49. The summed E-state index contributed by atoms with van der Waals surface area (Å²) in [7, 11) is 4.53. The monoisotopic (exact) mass is 530 g/mol. The SMILES string of the molecule is CCc1ccc2nc(N3C(=O)C(=O)/C(=C(/O)c4ccc(OC)cc4)[C@@H]3c3cccc(OC)c3OC)sc2c1. The number of aliphatic hydroxyl groups is 1. The third kappa shape index (κ3) is 4.14. The van der Waals surface area contributed by atoms with Gasteiger partial charge in [0.25, 0.3) is 5.78 Å². The van der Waals surface area contributed by atoms with Gasteiger partial charge >= 0.3 is 5.91 Å². The lowest BCUT2D eigenvalue weighted by Gasteiger charge is -2.25. The maximum Gasteiger partial charge on any atom is 0.301 e. The van der Waals surface area contributed by atoms with Crippen LogP contribution in [0.4, 0.5) is 5.13 Å². The minimum Gasteiger partial charge on any atom is -0.507 e. The second kappa shape index (κ2) is 10.2. The van der Waals surface area contributed by atoms with Gasteiger partial charge in [-0.05, 0) is 54.4 Å². The van der Waals surface area contributed by atoms with Crippen molar-refractivity contribution >= 4 is 44.1 Å². The van der Waals surface area contributed by atoms with Crippen molar-refractivity contribution in [2.45, 2.75) is 19.4 Å². The highest BCUT2D eigenvalue weighted by Crippen LogP contribution is 2.48. The summed E-state index contributed by atoms with van der Waals surface area (Å²) in [6.07, 6.45) is 0.858. The lowest BCUT2D eigenvalue weighted by molar-refractivity contribution is -0.132. The Kier molecular flexibility index (Phi) is 6.77. The molecule has 8 nitrogen and oxygen atoms in total. The van der Waals surface area contributed by atoms with Gasteiger partial charge in [-0.25, -0.2) is 4.98 Å². The van der Waals surface area contributed by atoms with Crippen LogP contribution in [-0.2, 0) is 16.0 Å². The standard InChI is InChI=1S/C29H26N2O6S/c1-5-16-9-14-20-22(15-16)38-29(30-20)31-24(19-7-6-8-21(36-3)27(19)37-4)23(26(33)28(31)34)25(32)17-10-12-18(35-2)13-11-17/h6-15,24,32H,5H2,1-4H3/b25-23+/t24-/m0/s1. The molecule has 4 aromatic rings. The second-order valence-corrected chi connectivity index (χ2v) is 9.64. The van der Waals surface area contributed by atoms with Crippen molar-refractivity contribution in [3.8, 4) is 17.2 Å². The number of thiazole rings is 1. The Morgan fingerprint density at radius 1 is 1.00 bits per heavy atom. The number of benzene rings is 3. The number of Topliss-reactive ketones (excluding diaryl/α,β-unsaturated/α-hetero) is 1. The van der Waals surface area contributed by atoms with E-state index in [4.69, 9.17) is 19.2 Å². The number of amides is 1. The molecule has 0 unspecified atom stereocenters. The Hall–Kier alpha value is -4.37. The molecule has 3 aromatic carbocycles. The number of para-hydroxylation sites is 1. The van der Waals surface area contributed by atoms with E-state index in [-0.39, 0.29) is 11.3 Å². The number of fused-ring (bicyclic) bond motifs is 1. The lowest BCUT2D eigenvalue weighted by atomic mass is 9.94. The molecule has 1 N–H and O–H groups in total. The molecule has 9 heteroatoms. The zero-order valence-corrected chi connectivity index (χ0v) is 22.2. The number of ketones is 1. The molecular formula is C29H26N2O6S. The fourth-order valence-corrected chi connectivity index (χ4v) is 5.69. The number of nitrogens with zero attached hydrogens (tertiary/aromatic N) is 2. The van der Waals surface area contributed by atoms with Gasteiger partial charge in [-0.3, -0.25) is 14.5 Å². The van der Waals surface area contributed by atoms with E-state index < -0.39 is 17.7 Å². The van der Waals surface area contributed by atoms with Gasteiger partial charge in [-0.2, -0.15) is 0 Å². The van der Waals surface area contributed by atoms with E-state index in [2.05, 4.69) is 6.92 Å². The number of anilines is 1. The number of aryl methyl sites for hydroxylation is 1. The van der Waals surface area contributed by atoms with Crippen LogP contribution in [0.2, 0.25) is 0 Å². The number of ether oxygens (including phenoxy) is 3. The average Bonchev–Trinajstić information content (AvgIpc) is 3.49. The van der Waals surface area contributed by atoms with Crippen molar-refractivity contribution in [1.82, 2.24) is 4.98 Å². The van der Waals surface area contributed by atoms with Crippen LogP contribution in [0.5, 0.6) is 17.2 Å². The number of aromatic nitrogens is 1. The predicted octanol–water partition coefficient (Wildman–Crippen LogP) is 5.51. The Morgan fingerprint density at radius 3 is 2.42 bits per heavy atom. The molecule has 1 aliphatic rings. The fourth-order valence-electron chi connectivity index (χ4n) is 4.64. The number of methoxy groups -OCH3 is 3. The number of hydrogen-bond acceptors (Lipinski definition) is 8. The second-order valence-electron chi connectivity index (χ2n) is 8.63. The van der Waals surface area contributed by atoms with Crippen LogP contribution in [0.15, 0.2) is 66.2 Å². The summed E-state index contributed by atoms with van der Waals surface area (Å²) in [5, 5.41) is 11.8. The summed E-state index contributed by atoms with van der Waals surface area (Å²) in [5.74, 6) is -0.545. The van der Waals surface area contributed by atoms with Gasteiger partial charge in [0, 0.05) is 11.1 Å². The highest BCUT2D eigenvalue weighted by molar-refractivity contribution is 7.22. The molecule has 0 saturated carbocycles. The molecule has 0 spiro atoms. The Balaban J connectivity index is 1.76. The first kappa shape index (κ1) is 25.3. The maximum absolute atomic E-state index is 13.6. The molecule has 1 aromatic heterocycles. The summed E-state index contributed by atoms with van der Waals surface area (Å²) in [6.45, 7) is 2.07. The third-order valence-electron chi connectivity index (χ3n) is 6.59. The molecule has 1 fully saturated rings. The van der Waals surface area contributed by atoms with Crippen molar-refractivity contribution in [3.63, 3.8) is 0 Å². The summed E-state index contributed by atoms with van der Waals surface area (Å²) in [4.78, 5) is 33.2. The summed E-state index contributed by atoms with van der Waals surface area (Å²) >= 11 is 1.32. The third-order valence-corrected chi connectivity index (χ3v) is 7.61. The Morgan fingerprint density at radius 2 is 1.76 bits per heavy atom. The van der Waals surface area contributed by atoms with Crippen molar-refractivity contribution in [2.24, 2.45) is 0 Å². The van der Waals surface area contributed by atoms with Crippen LogP contribution in [0.25, 0.3) is 16.0 Å². The first-order chi connectivity index (χ1) is 18.4. The van der Waals surface area contributed by atoms with Crippen LogP contribution >= 0.6 is 11.3 Å². The summed E-state index contributed by atoms with van der Waals surface area (Å²) < 4.78 is 17.3. The predicted molar refractivity (Wildman–Crippen MR) is 146 cm³/mol. The quantitative estimate of drug-likeness (QED) is 0.191. The van der Waals surface area contributed by atoms with E-state index in [1.165, 1.54) is 37.6 Å². The normalized spacial score (nSPS) is 16.7. The van der Waals surface area contributed by atoms with Crippen molar-refractivity contribution < 1.29 is 28.9 Å². The van der Waals surface area contributed by atoms with Gasteiger partial charge in [0.2, 0.25) is 0 Å². The molecule has 5 rings (SSSR count). The van der Waals surface area contributed by atoms with E-state index in [1.807, 2.05) is 18.2 Å². The van der Waals surface area contributed by atoms with Crippen LogP contribution < -0.4 is 19.1 Å². The summed E-state index contributed by atoms with van der Waals surface area (Å²) in [5.41, 5.74) is 2.64. The van der Waals surface area contributed by atoms with Crippen LogP contribution in [0.1, 0.15) is 29.7 Å². The number of carbonyl (C=O) groups is 2. The van der Waals surface area contributed by atoms with Gasteiger partial charge in [0.15, 0.2) is 16.6 Å². The first-order valence-electron chi connectivity index (χ1n) is 12.0. The molecule has 194 valence electrons. The largest absolute Gasteiger partial charge is 0.507 e. The van der Waals surface area contributed by atoms with Gasteiger partial charge in [-0.15, -0.1) is 0 Å². The molecule has 38 heavy (non-hydrogen) atoms. The zero-order valence-electron chi connectivity index (χ0n) is 21.3. The number of aliphatic hydroxyl groups excluding tert-OH is 1. The Bertz CT molecular complexity index is 1570. The molecule has 2 heterocycles. The lowest BCUT2D eigenvalue weighted by Crippen LogP contribution is -2.29. The fraction of sp³-hybridized carbons (Fsp3) is 0.207. The number of hydrogen-bond donors (Lipinski definition) is 1. The molecule has 0 bridgehead atoms. The molecule has 1 saturated heterocycles. The smallest absolute Gasteiger partial charge is 0.301 e. The minimum absolute atomic E-state index is 0.0692.